The molecule has 0 atom stereocenters. The maximum Gasteiger partial charge on any atom is 0.271 e. The van der Waals surface area contributed by atoms with E-state index in [0.29, 0.717) is 10.6 Å². The van der Waals surface area contributed by atoms with Gasteiger partial charge in [-0.05, 0) is 36.4 Å². The summed E-state index contributed by atoms with van der Waals surface area (Å²) in [4.78, 5) is 16.2. The molecule has 1 aromatic heterocycles. The molecule has 0 saturated carbocycles. The summed E-state index contributed by atoms with van der Waals surface area (Å²) >= 11 is 5.79. The first-order valence-corrected chi connectivity index (χ1v) is 7.04. The van der Waals surface area contributed by atoms with E-state index in [4.69, 9.17) is 11.6 Å². The quantitative estimate of drug-likeness (QED) is 0.593. The minimum atomic E-state index is -0.286. The highest BCUT2D eigenvalue weighted by atomic mass is 35.5. The molecule has 1 N–H and O–H groups in total. The van der Waals surface area contributed by atoms with Gasteiger partial charge in [-0.1, -0.05) is 29.8 Å². The van der Waals surface area contributed by atoms with Gasteiger partial charge in [-0.2, -0.15) is 5.10 Å². The molecule has 0 bridgehead atoms. The Labute approximate surface area is 132 Å². The van der Waals surface area contributed by atoms with E-state index in [9.17, 15) is 4.79 Å². The van der Waals surface area contributed by atoms with Crippen LogP contribution in [0.3, 0.4) is 0 Å². The summed E-state index contributed by atoms with van der Waals surface area (Å²) in [6.07, 6.45) is 3.32. The van der Waals surface area contributed by atoms with Crippen molar-refractivity contribution in [3.05, 3.63) is 76.9 Å². The molecule has 1 heterocycles. The summed E-state index contributed by atoms with van der Waals surface area (Å²) < 4.78 is 0. The number of nitrogens with zero attached hydrogens (tertiary/aromatic N) is 2. The third-order valence-corrected chi connectivity index (χ3v) is 3.41. The number of hydrogen-bond acceptors (Lipinski definition) is 3. The average molecular weight is 310 g/mol. The lowest BCUT2D eigenvalue weighted by molar-refractivity contribution is 0.0955. The first-order chi connectivity index (χ1) is 10.7. The van der Waals surface area contributed by atoms with Gasteiger partial charge < -0.3 is 0 Å². The fourth-order valence-corrected chi connectivity index (χ4v) is 2.18. The SMILES string of the molecule is O=C(NN=Cc1ccnc2ccccc12)c1ccc(Cl)cc1. The van der Waals surface area contributed by atoms with Crippen LogP contribution >= 0.6 is 11.6 Å². The summed E-state index contributed by atoms with van der Waals surface area (Å²) in [5.74, 6) is -0.286. The minimum Gasteiger partial charge on any atom is -0.267 e. The number of fused-ring (bicyclic) bond motifs is 1. The smallest absolute Gasteiger partial charge is 0.267 e. The number of benzene rings is 2. The highest BCUT2D eigenvalue weighted by molar-refractivity contribution is 6.30. The maximum atomic E-state index is 11.9. The zero-order chi connectivity index (χ0) is 15.4. The van der Waals surface area contributed by atoms with Crippen LogP contribution in [0.15, 0.2) is 65.9 Å². The van der Waals surface area contributed by atoms with E-state index < -0.39 is 0 Å². The van der Waals surface area contributed by atoms with Crippen molar-refractivity contribution in [3.63, 3.8) is 0 Å². The molecular weight excluding hydrogens is 298 g/mol. The van der Waals surface area contributed by atoms with Crippen LogP contribution in [0.5, 0.6) is 0 Å². The predicted octanol–water partition coefficient (Wildman–Crippen LogP) is 3.65. The van der Waals surface area contributed by atoms with E-state index in [1.54, 1.807) is 36.7 Å². The Morgan fingerprint density at radius 3 is 2.68 bits per heavy atom. The van der Waals surface area contributed by atoms with Gasteiger partial charge in [-0.15, -0.1) is 0 Å². The van der Waals surface area contributed by atoms with Gasteiger partial charge in [0, 0.05) is 27.7 Å². The number of hydrazone groups is 1. The van der Waals surface area contributed by atoms with Crippen LogP contribution in [0.2, 0.25) is 5.02 Å². The molecule has 22 heavy (non-hydrogen) atoms. The molecule has 0 spiro atoms. The van der Waals surface area contributed by atoms with Crippen LogP contribution in [-0.4, -0.2) is 17.1 Å². The fraction of sp³-hybridized carbons (Fsp3) is 0. The van der Waals surface area contributed by atoms with Gasteiger partial charge in [0.15, 0.2) is 0 Å². The number of aromatic nitrogens is 1. The van der Waals surface area contributed by atoms with Crippen molar-refractivity contribution in [3.8, 4) is 0 Å². The monoisotopic (exact) mass is 309 g/mol. The van der Waals surface area contributed by atoms with E-state index in [-0.39, 0.29) is 5.91 Å². The van der Waals surface area contributed by atoms with Crippen LogP contribution in [0, 0.1) is 0 Å². The average Bonchev–Trinajstić information content (AvgIpc) is 2.55. The fourth-order valence-electron chi connectivity index (χ4n) is 2.06. The Morgan fingerprint density at radius 1 is 1.09 bits per heavy atom. The number of nitrogens with one attached hydrogen (secondary N) is 1. The van der Waals surface area contributed by atoms with E-state index in [0.717, 1.165) is 16.5 Å². The molecule has 5 heteroatoms. The highest BCUT2D eigenvalue weighted by Gasteiger charge is 2.03. The van der Waals surface area contributed by atoms with Gasteiger partial charge in [-0.3, -0.25) is 9.78 Å². The lowest BCUT2D eigenvalue weighted by atomic mass is 10.1. The summed E-state index contributed by atoms with van der Waals surface area (Å²) in [6, 6.07) is 16.2. The molecule has 0 unspecified atom stereocenters. The third-order valence-electron chi connectivity index (χ3n) is 3.16. The molecule has 4 nitrogen and oxygen atoms in total. The van der Waals surface area contributed by atoms with Crippen molar-refractivity contribution in [2.45, 2.75) is 0 Å². The molecule has 1 amide bonds. The second-order valence-electron chi connectivity index (χ2n) is 4.62. The normalized spacial score (nSPS) is 11.0. The topological polar surface area (TPSA) is 54.4 Å². The lowest BCUT2D eigenvalue weighted by Crippen LogP contribution is -2.17. The van der Waals surface area contributed by atoms with Crippen molar-refractivity contribution in [1.29, 1.82) is 0 Å². The molecule has 2 aromatic carbocycles. The summed E-state index contributed by atoms with van der Waals surface area (Å²) in [5.41, 5.74) is 4.78. The van der Waals surface area contributed by atoms with Crippen LogP contribution < -0.4 is 5.43 Å². The van der Waals surface area contributed by atoms with Crippen molar-refractivity contribution in [2.75, 3.05) is 0 Å². The first-order valence-electron chi connectivity index (χ1n) is 6.67. The van der Waals surface area contributed by atoms with Crippen molar-refractivity contribution in [1.82, 2.24) is 10.4 Å². The number of amides is 1. The number of carbonyl (C=O) groups excluding carboxylic acids is 1. The number of para-hydroxylation sites is 1. The van der Waals surface area contributed by atoms with Crippen LogP contribution in [0.25, 0.3) is 10.9 Å². The van der Waals surface area contributed by atoms with E-state index in [1.165, 1.54) is 0 Å². The molecule has 108 valence electrons. The molecule has 3 rings (SSSR count). The highest BCUT2D eigenvalue weighted by Crippen LogP contribution is 2.14. The minimum absolute atomic E-state index is 0.286. The molecule has 0 aliphatic rings. The van der Waals surface area contributed by atoms with Gasteiger partial charge in [-0.25, -0.2) is 5.43 Å². The second kappa shape index (κ2) is 6.37. The van der Waals surface area contributed by atoms with Crippen molar-refractivity contribution >= 4 is 34.6 Å². The largest absolute Gasteiger partial charge is 0.271 e. The van der Waals surface area contributed by atoms with Gasteiger partial charge in [0.2, 0.25) is 0 Å². The number of rotatable bonds is 3. The van der Waals surface area contributed by atoms with Crippen LogP contribution in [0.4, 0.5) is 0 Å². The van der Waals surface area contributed by atoms with Gasteiger partial charge in [0.25, 0.3) is 5.91 Å². The van der Waals surface area contributed by atoms with Gasteiger partial charge in [0.1, 0.15) is 0 Å². The van der Waals surface area contributed by atoms with E-state index in [2.05, 4.69) is 15.5 Å². The molecule has 0 saturated heterocycles. The van der Waals surface area contributed by atoms with E-state index in [1.807, 2.05) is 30.3 Å². The molecule has 0 radical (unpaired) electrons. The molecule has 0 aliphatic heterocycles. The number of halogens is 1. The Balaban J connectivity index is 1.76. The Kier molecular flexibility index (Phi) is 4.12. The Hall–Kier alpha value is -2.72. The number of pyridine rings is 1. The predicted molar refractivity (Wildman–Crippen MR) is 88.3 cm³/mol. The van der Waals surface area contributed by atoms with Crippen LogP contribution in [0.1, 0.15) is 15.9 Å². The number of hydrogen-bond donors (Lipinski definition) is 1. The van der Waals surface area contributed by atoms with Gasteiger partial charge >= 0.3 is 0 Å². The Bertz CT molecular complexity index is 839. The lowest BCUT2D eigenvalue weighted by Gasteiger charge is -2.02. The van der Waals surface area contributed by atoms with Crippen molar-refractivity contribution in [2.24, 2.45) is 5.10 Å². The molecule has 3 aromatic rings. The Morgan fingerprint density at radius 2 is 1.86 bits per heavy atom. The maximum absolute atomic E-state index is 11.9. The summed E-state index contributed by atoms with van der Waals surface area (Å²) in [6.45, 7) is 0. The zero-order valence-corrected chi connectivity index (χ0v) is 12.3. The summed E-state index contributed by atoms with van der Waals surface area (Å²) in [5, 5.41) is 5.57. The standard InChI is InChI=1S/C17H12ClN3O/c18-14-7-5-12(6-8-14)17(22)21-20-11-13-9-10-19-16-4-2-1-3-15(13)16/h1-11H,(H,21,22). The summed E-state index contributed by atoms with van der Waals surface area (Å²) in [7, 11) is 0. The molecule has 0 fully saturated rings. The number of carbonyl (C=O) groups is 1. The second-order valence-corrected chi connectivity index (χ2v) is 5.06. The zero-order valence-electron chi connectivity index (χ0n) is 11.5. The van der Waals surface area contributed by atoms with E-state index >= 15 is 0 Å². The van der Waals surface area contributed by atoms with Gasteiger partial charge in [0.05, 0.1) is 11.7 Å². The van der Waals surface area contributed by atoms with Crippen LogP contribution in [-0.2, 0) is 0 Å². The third kappa shape index (κ3) is 3.13. The molecular formula is C17H12ClN3O. The first kappa shape index (κ1) is 14.2. The molecule has 0 aliphatic carbocycles. The van der Waals surface area contributed by atoms with Crippen molar-refractivity contribution < 1.29 is 4.79 Å².